The van der Waals surface area contributed by atoms with Gasteiger partial charge in [0.05, 0.1) is 23.1 Å². The zero-order valence-electron chi connectivity index (χ0n) is 12.1. The molecule has 0 aromatic heterocycles. The van der Waals surface area contributed by atoms with Crippen LogP contribution in [0.15, 0.2) is 24.3 Å². The molecular weight excluding hydrogens is 274 g/mol. The van der Waals surface area contributed by atoms with Crippen LogP contribution in [0.2, 0.25) is 0 Å². The van der Waals surface area contributed by atoms with Crippen molar-refractivity contribution in [1.29, 1.82) is 0 Å². The lowest BCUT2D eigenvalue weighted by molar-refractivity contribution is -0.384. The molecular formula is C14H17N3O4. The van der Waals surface area contributed by atoms with Gasteiger partial charge in [-0.25, -0.2) is 4.90 Å². The summed E-state index contributed by atoms with van der Waals surface area (Å²) in [7, 11) is 0. The zero-order valence-corrected chi connectivity index (χ0v) is 12.1. The van der Waals surface area contributed by atoms with E-state index in [4.69, 9.17) is 0 Å². The van der Waals surface area contributed by atoms with Crippen LogP contribution in [-0.4, -0.2) is 28.3 Å². The van der Waals surface area contributed by atoms with Crippen molar-refractivity contribution in [2.45, 2.75) is 38.8 Å². The standard InChI is InChI=1S/C14H17N3O4/c1-14(2,3)15-11-8-12(18)16(13(11)19)9-4-6-10(7-5-9)17(20)21/h4-7,11,15H,8H2,1-3H3. The highest BCUT2D eigenvalue weighted by Gasteiger charge is 2.40. The van der Waals surface area contributed by atoms with Gasteiger partial charge in [-0.2, -0.15) is 0 Å². The number of nitro benzene ring substituents is 1. The number of hydrogen-bond acceptors (Lipinski definition) is 5. The Balaban J connectivity index is 2.22. The van der Waals surface area contributed by atoms with Gasteiger partial charge < -0.3 is 5.32 Å². The quantitative estimate of drug-likeness (QED) is 0.519. The number of amides is 2. The molecule has 0 saturated carbocycles. The number of imide groups is 1. The molecule has 7 heteroatoms. The molecule has 1 aromatic rings. The molecule has 1 N–H and O–H groups in total. The minimum Gasteiger partial charge on any atom is -0.301 e. The first-order valence-corrected chi connectivity index (χ1v) is 6.58. The maximum absolute atomic E-state index is 12.3. The van der Waals surface area contributed by atoms with Crippen molar-refractivity contribution in [1.82, 2.24) is 5.32 Å². The normalized spacial score (nSPS) is 19.2. The van der Waals surface area contributed by atoms with E-state index >= 15 is 0 Å². The Kier molecular flexibility index (Phi) is 3.78. The third-order valence-electron chi connectivity index (χ3n) is 3.07. The summed E-state index contributed by atoms with van der Waals surface area (Å²) in [5.41, 5.74) is -0.0115. The minimum absolute atomic E-state index is 0.0813. The maximum atomic E-state index is 12.3. The molecule has 0 bridgehead atoms. The molecule has 0 spiro atoms. The van der Waals surface area contributed by atoms with E-state index in [-0.39, 0.29) is 29.5 Å². The van der Waals surface area contributed by atoms with Gasteiger partial charge >= 0.3 is 0 Å². The van der Waals surface area contributed by atoms with Gasteiger partial charge in [-0.1, -0.05) is 0 Å². The number of anilines is 1. The Morgan fingerprint density at radius 2 is 1.81 bits per heavy atom. The minimum atomic E-state index is -0.562. The molecule has 7 nitrogen and oxygen atoms in total. The van der Waals surface area contributed by atoms with Crippen molar-refractivity contribution in [3.63, 3.8) is 0 Å². The molecule has 0 radical (unpaired) electrons. The molecule has 1 atom stereocenters. The van der Waals surface area contributed by atoms with Gasteiger partial charge in [0.15, 0.2) is 0 Å². The van der Waals surface area contributed by atoms with Crippen molar-refractivity contribution in [2.75, 3.05) is 4.90 Å². The monoisotopic (exact) mass is 291 g/mol. The van der Waals surface area contributed by atoms with E-state index in [9.17, 15) is 19.7 Å². The highest BCUT2D eigenvalue weighted by Crippen LogP contribution is 2.25. The van der Waals surface area contributed by atoms with Crippen molar-refractivity contribution in [3.05, 3.63) is 34.4 Å². The molecule has 2 rings (SSSR count). The topological polar surface area (TPSA) is 92.6 Å². The van der Waals surface area contributed by atoms with Crippen molar-refractivity contribution < 1.29 is 14.5 Å². The predicted molar refractivity (Wildman–Crippen MR) is 76.9 cm³/mol. The first-order chi connectivity index (χ1) is 9.69. The predicted octanol–water partition coefficient (Wildman–Crippen LogP) is 1.61. The lowest BCUT2D eigenvalue weighted by Gasteiger charge is -2.24. The first kappa shape index (κ1) is 15.1. The van der Waals surface area contributed by atoms with Gasteiger partial charge in [0, 0.05) is 17.7 Å². The van der Waals surface area contributed by atoms with Crippen LogP contribution >= 0.6 is 0 Å². The fourth-order valence-electron chi connectivity index (χ4n) is 2.26. The molecule has 112 valence electrons. The maximum Gasteiger partial charge on any atom is 0.269 e. The van der Waals surface area contributed by atoms with Crippen LogP contribution in [0.25, 0.3) is 0 Å². The van der Waals surface area contributed by atoms with Gasteiger partial charge in [-0.3, -0.25) is 19.7 Å². The second-order valence-corrected chi connectivity index (χ2v) is 5.99. The van der Waals surface area contributed by atoms with Gasteiger partial charge in [-0.15, -0.1) is 0 Å². The van der Waals surface area contributed by atoms with Crippen molar-refractivity contribution in [2.24, 2.45) is 0 Å². The van der Waals surface area contributed by atoms with E-state index in [0.29, 0.717) is 5.69 Å². The van der Waals surface area contributed by atoms with Gasteiger partial charge in [0.2, 0.25) is 5.91 Å². The molecule has 1 aromatic carbocycles. The van der Waals surface area contributed by atoms with Gasteiger partial charge in [0.1, 0.15) is 0 Å². The summed E-state index contributed by atoms with van der Waals surface area (Å²) in [6.07, 6.45) is 0.0904. The van der Waals surface area contributed by atoms with Crippen LogP contribution in [0.3, 0.4) is 0 Å². The number of non-ortho nitro benzene ring substituents is 1. The fraction of sp³-hybridized carbons (Fsp3) is 0.429. The van der Waals surface area contributed by atoms with Gasteiger partial charge in [0.25, 0.3) is 11.6 Å². The summed E-state index contributed by atoms with van der Waals surface area (Å²) in [5.74, 6) is -0.639. The summed E-state index contributed by atoms with van der Waals surface area (Å²) in [6.45, 7) is 5.75. The number of carbonyl (C=O) groups is 2. The summed E-state index contributed by atoms with van der Waals surface area (Å²) in [5, 5.41) is 13.7. The zero-order chi connectivity index (χ0) is 15.8. The average Bonchev–Trinajstić information content (AvgIpc) is 2.62. The Morgan fingerprint density at radius 3 is 2.29 bits per heavy atom. The molecule has 0 aliphatic carbocycles. The number of rotatable bonds is 3. The second-order valence-electron chi connectivity index (χ2n) is 5.99. The largest absolute Gasteiger partial charge is 0.301 e. The lowest BCUT2D eigenvalue weighted by atomic mass is 10.1. The number of nitrogens with zero attached hydrogens (tertiary/aromatic N) is 2. The number of nitro groups is 1. The van der Waals surface area contributed by atoms with E-state index in [2.05, 4.69) is 5.32 Å². The third kappa shape index (κ3) is 3.25. The van der Waals surface area contributed by atoms with Crippen LogP contribution in [-0.2, 0) is 9.59 Å². The number of nitrogens with one attached hydrogen (secondary N) is 1. The van der Waals surface area contributed by atoms with Crippen LogP contribution < -0.4 is 10.2 Å². The average molecular weight is 291 g/mol. The summed E-state index contributed by atoms with van der Waals surface area (Å²) >= 11 is 0. The van der Waals surface area contributed by atoms with Crippen LogP contribution in [0.5, 0.6) is 0 Å². The van der Waals surface area contributed by atoms with E-state index in [1.165, 1.54) is 24.3 Å². The molecule has 1 fully saturated rings. The summed E-state index contributed by atoms with van der Waals surface area (Å²) < 4.78 is 0. The highest BCUT2D eigenvalue weighted by molar-refractivity contribution is 6.22. The molecule has 1 saturated heterocycles. The third-order valence-corrected chi connectivity index (χ3v) is 3.07. The van der Waals surface area contributed by atoms with E-state index < -0.39 is 11.0 Å². The Morgan fingerprint density at radius 1 is 1.24 bits per heavy atom. The Labute approximate surface area is 122 Å². The van der Waals surface area contributed by atoms with Gasteiger partial charge in [-0.05, 0) is 32.9 Å². The van der Waals surface area contributed by atoms with Crippen LogP contribution in [0.4, 0.5) is 11.4 Å². The Bertz CT molecular complexity index is 589. The number of hydrogen-bond donors (Lipinski definition) is 1. The van der Waals surface area contributed by atoms with Crippen molar-refractivity contribution >= 4 is 23.2 Å². The van der Waals surface area contributed by atoms with E-state index in [0.717, 1.165) is 4.90 Å². The molecule has 21 heavy (non-hydrogen) atoms. The summed E-state index contributed by atoms with van der Waals surface area (Å²) in [4.78, 5) is 35.5. The Hall–Kier alpha value is -2.28. The number of carbonyl (C=O) groups excluding carboxylic acids is 2. The highest BCUT2D eigenvalue weighted by atomic mass is 16.6. The molecule has 1 aliphatic heterocycles. The van der Waals surface area contributed by atoms with Crippen LogP contribution in [0.1, 0.15) is 27.2 Å². The molecule has 1 heterocycles. The summed E-state index contributed by atoms with van der Waals surface area (Å²) in [6, 6.07) is 4.81. The molecule has 1 unspecified atom stereocenters. The van der Waals surface area contributed by atoms with Crippen LogP contribution in [0, 0.1) is 10.1 Å². The lowest BCUT2D eigenvalue weighted by Crippen LogP contribution is -2.47. The van der Waals surface area contributed by atoms with E-state index in [1.54, 1.807) is 0 Å². The van der Waals surface area contributed by atoms with Crippen molar-refractivity contribution in [3.8, 4) is 0 Å². The SMILES string of the molecule is CC(C)(C)NC1CC(=O)N(c2ccc([N+](=O)[O-])cc2)C1=O. The fourth-order valence-corrected chi connectivity index (χ4v) is 2.26. The second kappa shape index (κ2) is 5.25. The smallest absolute Gasteiger partial charge is 0.269 e. The molecule has 1 aliphatic rings. The molecule has 2 amide bonds. The number of benzene rings is 1. The first-order valence-electron chi connectivity index (χ1n) is 6.58. The van der Waals surface area contributed by atoms with E-state index in [1.807, 2.05) is 20.8 Å².